The summed E-state index contributed by atoms with van der Waals surface area (Å²) in [5.74, 6) is 0. The molecule has 1 unspecified atom stereocenters. The van der Waals surface area contributed by atoms with Gasteiger partial charge in [-0.05, 0) is 36.0 Å². The smallest absolute Gasteiger partial charge is 0.0453 e. The standard InChI is InChI=1S/C13H17BrCl2/c1-9(14)7-13(2,3)8-10-4-5-11(15)6-12(10)16/h4-6,9H,7-8H2,1-3H3. The molecule has 0 spiro atoms. The van der Waals surface area contributed by atoms with Gasteiger partial charge in [-0.25, -0.2) is 0 Å². The Morgan fingerprint density at radius 1 is 1.31 bits per heavy atom. The first-order valence-electron chi connectivity index (χ1n) is 5.38. The molecule has 16 heavy (non-hydrogen) atoms. The van der Waals surface area contributed by atoms with Gasteiger partial charge in [0.1, 0.15) is 0 Å². The maximum Gasteiger partial charge on any atom is 0.0453 e. The van der Waals surface area contributed by atoms with Crippen LogP contribution in [0.25, 0.3) is 0 Å². The highest BCUT2D eigenvalue weighted by Crippen LogP contribution is 2.33. The van der Waals surface area contributed by atoms with Crippen LogP contribution in [0.4, 0.5) is 0 Å². The Kier molecular flexibility index (Phi) is 5.15. The Morgan fingerprint density at radius 2 is 1.94 bits per heavy atom. The van der Waals surface area contributed by atoms with E-state index in [0.29, 0.717) is 9.85 Å². The van der Waals surface area contributed by atoms with Gasteiger partial charge in [0, 0.05) is 14.9 Å². The van der Waals surface area contributed by atoms with E-state index in [1.165, 1.54) is 5.56 Å². The van der Waals surface area contributed by atoms with Crippen LogP contribution in [-0.2, 0) is 6.42 Å². The van der Waals surface area contributed by atoms with Crippen LogP contribution in [0.5, 0.6) is 0 Å². The highest BCUT2D eigenvalue weighted by atomic mass is 79.9. The van der Waals surface area contributed by atoms with Crippen LogP contribution < -0.4 is 0 Å². The van der Waals surface area contributed by atoms with Crippen molar-refractivity contribution in [3.8, 4) is 0 Å². The van der Waals surface area contributed by atoms with Gasteiger partial charge in [0.05, 0.1) is 0 Å². The lowest BCUT2D eigenvalue weighted by atomic mass is 9.82. The quantitative estimate of drug-likeness (QED) is 0.620. The van der Waals surface area contributed by atoms with Gasteiger partial charge in [0.15, 0.2) is 0 Å². The van der Waals surface area contributed by atoms with Crippen LogP contribution in [0.15, 0.2) is 18.2 Å². The first-order valence-corrected chi connectivity index (χ1v) is 7.05. The molecule has 0 heterocycles. The number of halogens is 3. The Balaban J connectivity index is 2.79. The maximum atomic E-state index is 6.18. The molecule has 90 valence electrons. The molecule has 1 aromatic rings. The molecule has 1 atom stereocenters. The highest BCUT2D eigenvalue weighted by molar-refractivity contribution is 9.09. The molecule has 0 aliphatic heterocycles. The summed E-state index contributed by atoms with van der Waals surface area (Å²) in [6, 6.07) is 5.73. The van der Waals surface area contributed by atoms with E-state index in [1.807, 2.05) is 18.2 Å². The van der Waals surface area contributed by atoms with E-state index in [4.69, 9.17) is 23.2 Å². The minimum absolute atomic E-state index is 0.236. The molecule has 0 saturated heterocycles. The molecule has 0 nitrogen and oxygen atoms in total. The van der Waals surface area contributed by atoms with Gasteiger partial charge >= 0.3 is 0 Å². The molecule has 0 radical (unpaired) electrons. The molecule has 0 saturated carbocycles. The molecule has 1 rings (SSSR count). The number of hydrogen-bond donors (Lipinski definition) is 0. The summed E-state index contributed by atoms with van der Waals surface area (Å²) in [6.45, 7) is 6.69. The zero-order chi connectivity index (χ0) is 12.3. The third kappa shape index (κ3) is 4.65. The minimum atomic E-state index is 0.236. The zero-order valence-electron chi connectivity index (χ0n) is 9.86. The van der Waals surface area contributed by atoms with Crippen molar-refractivity contribution >= 4 is 39.1 Å². The van der Waals surface area contributed by atoms with Gasteiger partial charge in [0.2, 0.25) is 0 Å². The SMILES string of the molecule is CC(Br)CC(C)(C)Cc1ccc(Cl)cc1Cl. The molecule has 0 aliphatic rings. The minimum Gasteiger partial charge on any atom is -0.0893 e. The van der Waals surface area contributed by atoms with Crippen LogP contribution in [-0.4, -0.2) is 4.83 Å². The lowest BCUT2D eigenvalue weighted by Gasteiger charge is -2.26. The van der Waals surface area contributed by atoms with Crippen LogP contribution in [0.1, 0.15) is 32.8 Å². The van der Waals surface area contributed by atoms with E-state index in [1.54, 1.807) is 0 Å². The second-order valence-corrected chi connectivity index (χ2v) is 7.47. The fraction of sp³-hybridized carbons (Fsp3) is 0.538. The third-order valence-corrected chi connectivity index (χ3v) is 3.43. The Morgan fingerprint density at radius 3 is 2.44 bits per heavy atom. The number of hydrogen-bond acceptors (Lipinski definition) is 0. The van der Waals surface area contributed by atoms with Crippen molar-refractivity contribution in [2.45, 2.75) is 38.4 Å². The molecule has 1 aromatic carbocycles. The van der Waals surface area contributed by atoms with E-state index in [0.717, 1.165) is 17.9 Å². The van der Waals surface area contributed by atoms with E-state index >= 15 is 0 Å². The van der Waals surface area contributed by atoms with Crippen molar-refractivity contribution in [2.75, 3.05) is 0 Å². The zero-order valence-corrected chi connectivity index (χ0v) is 13.0. The maximum absolute atomic E-state index is 6.18. The molecule has 3 heteroatoms. The summed E-state index contributed by atoms with van der Waals surface area (Å²) in [6.07, 6.45) is 2.09. The molecule has 0 N–H and O–H groups in total. The number of benzene rings is 1. The van der Waals surface area contributed by atoms with Gasteiger partial charge in [-0.3, -0.25) is 0 Å². The van der Waals surface area contributed by atoms with Crippen molar-refractivity contribution in [2.24, 2.45) is 5.41 Å². The Hall–Kier alpha value is 0.280. The third-order valence-electron chi connectivity index (χ3n) is 2.52. The molecule has 0 bridgehead atoms. The topological polar surface area (TPSA) is 0 Å². The van der Waals surface area contributed by atoms with E-state index < -0.39 is 0 Å². The normalized spacial score (nSPS) is 13.9. The predicted molar refractivity (Wildman–Crippen MR) is 77.0 cm³/mol. The summed E-state index contributed by atoms with van der Waals surface area (Å²) >= 11 is 15.7. The predicted octanol–water partition coefficient (Wildman–Crippen LogP) is 5.74. The summed E-state index contributed by atoms with van der Waals surface area (Å²) < 4.78 is 0. The van der Waals surface area contributed by atoms with Gasteiger partial charge in [-0.1, -0.05) is 66.0 Å². The largest absolute Gasteiger partial charge is 0.0893 e. The van der Waals surface area contributed by atoms with E-state index in [9.17, 15) is 0 Å². The van der Waals surface area contributed by atoms with Crippen LogP contribution in [0.3, 0.4) is 0 Å². The number of alkyl halides is 1. The second-order valence-electron chi connectivity index (χ2n) is 5.06. The van der Waals surface area contributed by atoms with Crippen LogP contribution in [0.2, 0.25) is 10.0 Å². The van der Waals surface area contributed by atoms with Crippen molar-refractivity contribution in [3.05, 3.63) is 33.8 Å². The van der Waals surface area contributed by atoms with Crippen LogP contribution >= 0.6 is 39.1 Å². The molecule has 0 aromatic heterocycles. The Bertz CT molecular complexity index is 359. The lowest BCUT2D eigenvalue weighted by molar-refractivity contribution is 0.335. The van der Waals surface area contributed by atoms with Crippen LogP contribution in [0, 0.1) is 5.41 Å². The fourth-order valence-corrected chi connectivity index (χ4v) is 3.37. The Labute approximate surface area is 116 Å². The van der Waals surface area contributed by atoms with Crippen molar-refractivity contribution in [3.63, 3.8) is 0 Å². The van der Waals surface area contributed by atoms with Gasteiger partial charge in [-0.15, -0.1) is 0 Å². The molecular formula is C13H17BrCl2. The summed E-state index contributed by atoms with van der Waals surface area (Å²) in [5.41, 5.74) is 1.41. The van der Waals surface area contributed by atoms with Gasteiger partial charge in [-0.2, -0.15) is 0 Å². The van der Waals surface area contributed by atoms with Crippen molar-refractivity contribution < 1.29 is 0 Å². The molecule has 0 amide bonds. The molecule has 0 fully saturated rings. The van der Waals surface area contributed by atoms with Crippen molar-refractivity contribution in [1.29, 1.82) is 0 Å². The first-order chi connectivity index (χ1) is 7.30. The second kappa shape index (κ2) is 5.75. The summed E-state index contributed by atoms with van der Waals surface area (Å²) in [4.78, 5) is 0.522. The van der Waals surface area contributed by atoms with E-state index in [2.05, 4.69) is 36.7 Å². The summed E-state index contributed by atoms with van der Waals surface area (Å²) in [5, 5.41) is 1.46. The van der Waals surface area contributed by atoms with Gasteiger partial charge < -0.3 is 0 Å². The fourth-order valence-electron chi connectivity index (χ4n) is 2.01. The summed E-state index contributed by atoms with van der Waals surface area (Å²) in [7, 11) is 0. The van der Waals surface area contributed by atoms with Gasteiger partial charge in [0.25, 0.3) is 0 Å². The monoisotopic (exact) mass is 322 g/mol. The molecule has 0 aliphatic carbocycles. The van der Waals surface area contributed by atoms with E-state index in [-0.39, 0.29) is 5.41 Å². The average molecular weight is 324 g/mol. The average Bonchev–Trinajstić information content (AvgIpc) is 2.07. The van der Waals surface area contributed by atoms with Crippen molar-refractivity contribution in [1.82, 2.24) is 0 Å². The lowest BCUT2D eigenvalue weighted by Crippen LogP contribution is -2.18. The highest BCUT2D eigenvalue weighted by Gasteiger charge is 2.21. The molecular weight excluding hydrogens is 307 g/mol. The number of rotatable bonds is 4. The first kappa shape index (κ1) is 14.3.